The van der Waals surface area contributed by atoms with Crippen molar-refractivity contribution in [2.75, 3.05) is 25.7 Å². The number of rotatable bonds is 4. The van der Waals surface area contributed by atoms with Crippen LogP contribution in [0.1, 0.15) is 23.3 Å². The maximum Gasteiger partial charge on any atom is 0.274 e. The molecule has 1 fully saturated rings. The van der Waals surface area contributed by atoms with Crippen LogP contribution < -0.4 is 4.74 Å². The van der Waals surface area contributed by atoms with Crippen LogP contribution in [0.5, 0.6) is 5.88 Å². The molecule has 7 heteroatoms. The molecule has 2 aromatic heterocycles. The van der Waals surface area contributed by atoms with Crippen LogP contribution in [0.4, 0.5) is 0 Å². The van der Waals surface area contributed by atoms with E-state index in [0.717, 1.165) is 25.1 Å². The van der Waals surface area contributed by atoms with Gasteiger partial charge in [-0.05, 0) is 25.2 Å². The van der Waals surface area contributed by atoms with E-state index in [2.05, 4.69) is 16.3 Å². The number of aromatic nitrogens is 3. The molecule has 0 aliphatic carbocycles. The first-order valence-electron chi connectivity index (χ1n) is 6.93. The van der Waals surface area contributed by atoms with Crippen molar-refractivity contribution in [2.45, 2.75) is 18.9 Å². The van der Waals surface area contributed by atoms with Gasteiger partial charge in [-0.2, -0.15) is 11.8 Å². The van der Waals surface area contributed by atoms with E-state index in [1.165, 1.54) is 0 Å². The van der Waals surface area contributed by atoms with Gasteiger partial charge in [0.2, 0.25) is 5.88 Å². The second kappa shape index (κ2) is 5.93. The fourth-order valence-electron chi connectivity index (χ4n) is 2.73. The molecule has 1 atom stereocenters. The predicted molar refractivity (Wildman–Crippen MR) is 82.0 cm³/mol. The molecule has 1 amide bonds. The molecule has 21 heavy (non-hydrogen) atoms. The van der Waals surface area contributed by atoms with Crippen molar-refractivity contribution in [3.05, 3.63) is 24.0 Å². The summed E-state index contributed by atoms with van der Waals surface area (Å²) in [5.41, 5.74) is 1.15. The van der Waals surface area contributed by atoms with Crippen molar-refractivity contribution >= 4 is 23.3 Å². The van der Waals surface area contributed by atoms with Crippen molar-refractivity contribution in [3.63, 3.8) is 0 Å². The van der Waals surface area contributed by atoms with E-state index in [4.69, 9.17) is 4.74 Å². The Morgan fingerprint density at radius 2 is 2.38 bits per heavy atom. The Morgan fingerprint density at radius 1 is 1.52 bits per heavy atom. The number of imidazole rings is 1. The molecular weight excluding hydrogens is 288 g/mol. The molecule has 1 aliphatic heterocycles. The fraction of sp³-hybridized carbons (Fsp3) is 0.500. The number of nitrogens with zero attached hydrogens (tertiary/aromatic N) is 4. The first-order chi connectivity index (χ1) is 10.2. The zero-order chi connectivity index (χ0) is 14.8. The molecular formula is C14H18N4O2S. The molecule has 1 aliphatic rings. The molecule has 0 radical (unpaired) electrons. The van der Waals surface area contributed by atoms with Gasteiger partial charge in [0.1, 0.15) is 0 Å². The largest absolute Gasteiger partial charge is 0.480 e. The highest BCUT2D eigenvalue weighted by atomic mass is 32.2. The maximum atomic E-state index is 12.8. The Hall–Kier alpha value is -1.76. The van der Waals surface area contributed by atoms with Crippen LogP contribution in [0.25, 0.3) is 5.65 Å². The summed E-state index contributed by atoms with van der Waals surface area (Å²) in [4.78, 5) is 19.0. The van der Waals surface area contributed by atoms with Crippen molar-refractivity contribution < 1.29 is 9.53 Å². The Bertz CT molecular complexity index is 657. The van der Waals surface area contributed by atoms with Crippen LogP contribution in [0.2, 0.25) is 0 Å². The molecule has 3 rings (SSSR count). The standard InChI is InChI=1S/C14H18N4O2S/c1-20-13-6-5-12-15-8-11(18(12)16-13)14(19)17-7-3-4-10(17)9-21-2/h5-6,8,10H,3-4,7,9H2,1-2H3. The molecule has 6 nitrogen and oxygen atoms in total. The van der Waals surface area contributed by atoms with Crippen molar-refractivity contribution in [2.24, 2.45) is 0 Å². The van der Waals surface area contributed by atoms with Gasteiger partial charge in [-0.15, -0.1) is 5.10 Å². The van der Waals surface area contributed by atoms with Crippen LogP contribution >= 0.6 is 11.8 Å². The first-order valence-corrected chi connectivity index (χ1v) is 8.32. The van der Waals surface area contributed by atoms with Gasteiger partial charge in [-0.1, -0.05) is 0 Å². The molecule has 1 saturated heterocycles. The van der Waals surface area contributed by atoms with E-state index in [9.17, 15) is 4.79 Å². The van der Waals surface area contributed by atoms with Gasteiger partial charge in [0.05, 0.1) is 13.3 Å². The number of ether oxygens (including phenoxy) is 1. The highest BCUT2D eigenvalue weighted by Gasteiger charge is 2.30. The second-order valence-electron chi connectivity index (χ2n) is 5.04. The second-order valence-corrected chi connectivity index (χ2v) is 5.95. The third-order valence-corrected chi connectivity index (χ3v) is 4.48. The minimum atomic E-state index is -0.000182. The molecule has 112 valence electrons. The average Bonchev–Trinajstić information content (AvgIpc) is 3.12. The quantitative estimate of drug-likeness (QED) is 0.860. The Morgan fingerprint density at radius 3 is 3.14 bits per heavy atom. The Balaban J connectivity index is 1.94. The van der Waals surface area contributed by atoms with Gasteiger partial charge in [-0.25, -0.2) is 9.50 Å². The van der Waals surface area contributed by atoms with Crippen LogP contribution in [0.3, 0.4) is 0 Å². The lowest BCUT2D eigenvalue weighted by atomic mass is 10.2. The Labute approximate surface area is 127 Å². The number of methoxy groups -OCH3 is 1. The highest BCUT2D eigenvalue weighted by molar-refractivity contribution is 7.98. The third-order valence-electron chi connectivity index (χ3n) is 3.76. The zero-order valence-electron chi connectivity index (χ0n) is 12.2. The van der Waals surface area contributed by atoms with E-state index in [1.54, 1.807) is 41.7 Å². The third kappa shape index (κ3) is 2.57. The molecule has 0 N–H and O–H groups in total. The molecule has 0 spiro atoms. The van der Waals surface area contributed by atoms with Gasteiger partial charge in [-0.3, -0.25) is 4.79 Å². The SMILES string of the molecule is COc1ccc2ncc(C(=O)N3CCCC3CSC)n2n1. The summed E-state index contributed by atoms with van der Waals surface area (Å²) in [6, 6.07) is 3.85. The number of hydrogen-bond acceptors (Lipinski definition) is 5. The van der Waals surface area contributed by atoms with Gasteiger partial charge in [0.25, 0.3) is 5.91 Å². The summed E-state index contributed by atoms with van der Waals surface area (Å²) in [5.74, 6) is 1.44. The molecule has 0 saturated carbocycles. The van der Waals surface area contributed by atoms with Gasteiger partial charge in [0, 0.05) is 24.4 Å². The maximum absolute atomic E-state index is 12.8. The predicted octanol–water partition coefficient (Wildman–Crippen LogP) is 1.71. The lowest BCUT2D eigenvalue weighted by Crippen LogP contribution is -2.37. The first kappa shape index (κ1) is 14.2. The number of hydrogen-bond donors (Lipinski definition) is 0. The van der Waals surface area contributed by atoms with Crippen molar-refractivity contribution in [3.8, 4) is 5.88 Å². The van der Waals surface area contributed by atoms with Crippen molar-refractivity contribution in [1.82, 2.24) is 19.5 Å². The van der Waals surface area contributed by atoms with Crippen LogP contribution in [0.15, 0.2) is 18.3 Å². The summed E-state index contributed by atoms with van der Waals surface area (Å²) < 4.78 is 6.69. The molecule has 0 bridgehead atoms. The monoisotopic (exact) mass is 306 g/mol. The normalized spacial score (nSPS) is 18.4. The molecule has 1 unspecified atom stereocenters. The lowest BCUT2D eigenvalue weighted by molar-refractivity contribution is 0.0741. The summed E-state index contributed by atoms with van der Waals surface area (Å²) in [6.07, 6.45) is 5.80. The van der Waals surface area contributed by atoms with E-state index in [1.807, 2.05) is 4.90 Å². The van der Waals surface area contributed by atoms with Gasteiger partial charge < -0.3 is 9.64 Å². The summed E-state index contributed by atoms with van der Waals surface area (Å²) in [7, 11) is 1.56. The zero-order valence-corrected chi connectivity index (χ0v) is 13.0. The van der Waals surface area contributed by atoms with Crippen LogP contribution in [-0.4, -0.2) is 57.1 Å². The fourth-order valence-corrected chi connectivity index (χ4v) is 3.46. The lowest BCUT2D eigenvalue weighted by Gasteiger charge is -2.23. The minimum Gasteiger partial charge on any atom is -0.480 e. The number of likely N-dealkylation sites (tertiary alicyclic amines) is 1. The summed E-state index contributed by atoms with van der Waals surface area (Å²) >= 11 is 1.78. The smallest absolute Gasteiger partial charge is 0.274 e. The summed E-state index contributed by atoms with van der Waals surface area (Å²) in [5, 5.41) is 4.30. The van der Waals surface area contributed by atoms with Crippen LogP contribution in [-0.2, 0) is 0 Å². The number of carbonyl (C=O) groups is 1. The minimum absolute atomic E-state index is 0.000182. The molecule has 0 aromatic carbocycles. The van der Waals surface area contributed by atoms with Crippen LogP contribution in [0, 0.1) is 0 Å². The number of thioether (sulfide) groups is 1. The Kier molecular flexibility index (Phi) is 4.01. The van der Waals surface area contributed by atoms with Gasteiger partial charge >= 0.3 is 0 Å². The van der Waals surface area contributed by atoms with E-state index >= 15 is 0 Å². The summed E-state index contributed by atoms with van der Waals surface area (Å²) in [6.45, 7) is 0.807. The van der Waals surface area contributed by atoms with E-state index < -0.39 is 0 Å². The molecule has 3 heterocycles. The highest BCUT2D eigenvalue weighted by Crippen LogP contribution is 2.23. The van der Waals surface area contributed by atoms with E-state index in [0.29, 0.717) is 23.3 Å². The number of amides is 1. The van der Waals surface area contributed by atoms with E-state index in [-0.39, 0.29) is 5.91 Å². The topological polar surface area (TPSA) is 59.7 Å². The average molecular weight is 306 g/mol. The number of fused-ring (bicyclic) bond motifs is 1. The number of carbonyl (C=O) groups excluding carboxylic acids is 1. The van der Waals surface area contributed by atoms with Crippen molar-refractivity contribution in [1.29, 1.82) is 0 Å². The van der Waals surface area contributed by atoms with Gasteiger partial charge in [0.15, 0.2) is 11.3 Å². The molecule has 2 aromatic rings.